The molecule has 1 N–H and O–H groups in total. The van der Waals surface area contributed by atoms with Gasteiger partial charge < -0.3 is 5.32 Å². The van der Waals surface area contributed by atoms with E-state index in [2.05, 4.69) is 17.4 Å². The Balaban J connectivity index is 3.14. The van der Waals surface area contributed by atoms with E-state index in [0.29, 0.717) is 6.54 Å². The van der Waals surface area contributed by atoms with Crippen molar-refractivity contribution in [3.8, 4) is 0 Å². The summed E-state index contributed by atoms with van der Waals surface area (Å²) in [5.41, 5.74) is 4.22. The quantitative estimate of drug-likeness (QED) is 0.740. The number of Topliss-reactive ketones (excluding diaryl/α,β-unsaturated/α-hetero) is 1. The summed E-state index contributed by atoms with van der Waals surface area (Å²) in [6.45, 7) is 6.43. The summed E-state index contributed by atoms with van der Waals surface area (Å²) in [5.74, 6) is 0.169. The average molecular weight is 191 g/mol. The molecule has 1 aromatic carbocycles. The summed E-state index contributed by atoms with van der Waals surface area (Å²) < 4.78 is 0. The largest absolute Gasteiger partial charge is 0.313 e. The van der Waals surface area contributed by atoms with E-state index in [1.165, 1.54) is 5.56 Å². The minimum absolute atomic E-state index is 0.169. The van der Waals surface area contributed by atoms with Crippen molar-refractivity contribution >= 4 is 5.78 Å². The van der Waals surface area contributed by atoms with Gasteiger partial charge in [0.05, 0.1) is 6.54 Å². The zero-order chi connectivity index (χ0) is 10.7. The first-order chi connectivity index (χ1) is 6.56. The summed E-state index contributed by atoms with van der Waals surface area (Å²) >= 11 is 0. The molecule has 0 aliphatic heterocycles. The topological polar surface area (TPSA) is 29.1 Å². The molecule has 76 valence electrons. The Kier molecular flexibility index (Phi) is 3.42. The van der Waals surface area contributed by atoms with Crippen LogP contribution in [-0.4, -0.2) is 19.4 Å². The molecule has 0 atom stereocenters. The van der Waals surface area contributed by atoms with Crippen molar-refractivity contribution in [3.05, 3.63) is 34.4 Å². The van der Waals surface area contributed by atoms with Crippen LogP contribution in [0.5, 0.6) is 0 Å². The van der Waals surface area contributed by atoms with Crippen molar-refractivity contribution in [2.24, 2.45) is 0 Å². The number of nitrogens with one attached hydrogen (secondary N) is 1. The number of ketones is 1. The van der Waals surface area contributed by atoms with Crippen LogP contribution in [0, 0.1) is 20.8 Å². The maximum atomic E-state index is 11.7. The van der Waals surface area contributed by atoms with Gasteiger partial charge in [-0.05, 0) is 38.9 Å². The minimum Gasteiger partial charge on any atom is -0.313 e. The summed E-state index contributed by atoms with van der Waals surface area (Å²) in [6, 6.07) is 4.10. The van der Waals surface area contributed by atoms with Crippen LogP contribution >= 0.6 is 0 Å². The standard InChI is InChI=1S/C12H17NO/c1-8-5-9(2)12(10(3)6-8)11(14)7-13-4/h5-6,13H,7H2,1-4H3. The molecule has 0 saturated carbocycles. The molecular formula is C12H17NO. The fourth-order valence-corrected chi connectivity index (χ4v) is 1.87. The Morgan fingerprint density at radius 1 is 1.21 bits per heavy atom. The molecule has 0 saturated heterocycles. The maximum Gasteiger partial charge on any atom is 0.177 e. The van der Waals surface area contributed by atoms with Crippen molar-refractivity contribution in [2.45, 2.75) is 20.8 Å². The van der Waals surface area contributed by atoms with Crippen LogP contribution in [0.15, 0.2) is 12.1 Å². The molecule has 14 heavy (non-hydrogen) atoms. The van der Waals surface area contributed by atoms with Gasteiger partial charge in [-0.25, -0.2) is 0 Å². The third-order valence-electron chi connectivity index (χ3n) is 2.29. The van der Waals surface area contributed by atoms with Crippen LogP contribution in [0.3, 0.4) is 0 Å². The predicted molar refractivity (Wildman–Crippen MR) is 58.9 cm³/mol. The molecule has 0 amide bonds. The van der Waals surface area contributed by atoms with E-state index in [1.807, 2.05) is 20.8 Å². The van der Waals surface area contributed by atoms with E-state index >= 15 is 0 Å². The highest BCUT2D eigenvalue weighted by molar-refractivity contribution is 6.00. The Morgan fingerprint density at radius 2 is 1.71 bits per heavy atom. The molecule has 0 aromatic heterocycles. The van der Waals surface area contributed by atoms with Gasteiger partial charge in [0.1, 0.15) is 0 Å². The fourth-order valence-electron chi connectivity index (χ4n) is 1.87. The molecular weight excluding hydrogens is 174 g/mol. The van der Waals surface area contributed by atoms with Gasteiger partial charge in [0.15, 0.2) is 5.78 Å². The van der Waals surface area contributed by atoms with Gasteiger partial charge in [-0.2, -0.15) is 0 Å². The summed E-state index contributed by atoms with van der Waals surface area (Å²) in [4.78, 5) is 11.7. The molecule has 1 rings (SSSR count). The van der Waals surface area contributed by atoms with Crippen LogP contribution in [0.2, 0.25) is 0 Å². The van der Waals surface area contributed by atoms with Gasteiger partial charge in [0, 0.05) is 5.56 Å². The Morgan fingerprint density at radius 3 is 2.14 bits per heavy atom. The van der Waals surface area contributed by atoms with Gasteiger partial charge in [-0.3, -0.25) is 4.79 Å². The van der Waals surface area contributed by atoms with E-state index in [4.69, 9.17) is 0 Å². The van der Waals surface area contributed by atoms with E-state index < -0.39 is 0 Å². The second-order valence-electron chi connectivity index (χ2n) is 3.73. The molecule has 0 radical (unpaired) electrons. The minimum atomic E-state index is 0.169. The van der Waals surface area contributed by atoms with Crippen molar-refractivity contribution in [1.82, 2.24) is 5.32 Å². The van der Waals surface area contributed by atoms with Crippen molar-refractivity contribution < 1.29 is 4.79 Å². The highest BCUT2D eigenvalue weighted by Crippen LogP contribution is 2.16. The van der Waals surface area contributed by atoms with Crippen LogP contribution < -0.4 is 5.32 Å². The van der Waals surface area contributed by atoms with Crippen molar-refractivity contribution in [3.63, 3.8) is 0 Å². The molecule has 0 heterocycles. The van der Waals surface area contributed by atoms with Gasteiger partial charge in [0.2, 0.25) is 0 Å². The van der Waals surface area contributed by atoms with E-state index in [1.54, 1.807) is 7.05 Å². The number of carbonyl (C=O) groups excluding carboxylic acids is 1. The predicted octanol–water partition coefficient (Wildman–Crippen LogP) is 2.01. The van der Waals surface area contributed by atoms with Crippen LogP contribution in [0.25, 0.3) is 0 Å². The molecule has 0 unspecified atom stereocenters. The first kappa shape index (κ1) is 10.9. The van der Waals surface area contributed by atoms with Crippen LogP contribution in [-0.2, 0) is 0 Å². The monoisotopic (exact) mass is 191 g/mol. The molecule has 2 heteroatoms. The lowest BCUT2D eigenvalue weighted by atomic mass is 9.96. The first-order valence-corrected chi connectivity index (χ1v) is 4.82. The highest BCUT2D eigenvalue weighted by atomic mass is 16.1. The normalized spacial score (nSPS) is 10.3. The smallest absolute Gasteiger partial charge is 0.177 e. The number of likely N-dealkylation sites (N-methyl/N-ethyl adjacent to an activating group) is 1. The Hall–Kier alpha value is -1.15. The third-order valence-corrected chi connectivity index (χ3v) is 2.29. The van der Waals surface area contributed by atoms with Gasteiger partial charge in [-0.1, -0.05) is 17.7 Å². The zero-order valence-corrected chi connectivity index (χ0v) is 9.27. The van der Waals surface area contributed by atoms with E-state index in [-0.39, 0.29) is 5.78 Å². The SMILES string of the molecule is CNCC(=O)c1c(C)cc(C)cc1C. The van der Waals surface area contributed by atoms with Crippen LogP contribution in [0.4, 0.5) is 0 Å². The maximum absolute atomic E-state index is 11.7. The van der Waals surface area contributed by atoms with Crippen LogP contribution in [0.1, 0.15) is 27.0 Å². The Bertz CT molecular complexity index is 332. The molecule has 0 spiro atoms. The summed E-state index contributed by atoms with van der Waals surface area (Å²) in [5, 5.41) is 2.89. The lowest BCUT2D eigenvalue weighted by molar-refractivity contribution is 0.0992. The lowest BCUT2D eigenvalue weighted by Gasteiger charge is -2.09. The average Bonchev–Trinajstić information content (AvgIpc) is 2.01. The lowest BCUT2D eigenvalue weighted by Crippen LogP contribution is -2.20. The second kappa shape index (κ2) is 4.38. The third kappa shape index (κ3) is 2.20. The highest BCUT2D eigenvalue weighted by Gasteiger charge is 2.11. The fraction of sp³-hybridized carbons (Fsp3) is 0.417. The Labute approximate surface area is 85.3 Å². The number of aryl methyl sites for hydroxylation is 3. The zero-order valence-electron chi connectivity index (χ0n) is 9.27. The number of rotatable bonds is 3. The molecule has 1 aromatic rings. The molecule has 0 aliphatic carbocycles. The number of benzene rings is 1. The van der Waals surface area contributed by atoms with Crippen molar-refractivity contribution in [1.29, 1.82) is 0 Å². The second-order valence-corrected chi connectivity index (χ2v) is 3.73. The van der Waals surface area contributed by atoms with Crippen molar-refractivity contribution in [2.75, 3.05) is 13.6 Å². The molecule has 0 fully saturated rings. The molecule has 0 aliphatic rings. The van der Waals surface area contributed by atoms with Gasteiger partial charge >= 0.3 is 0 Å². The number of hydrogen-bond acceptors (Lipinski definition) is 2. The number of carbonyl (C=O) groups is 1. The molecule has 2 nitrogen and oxygen atoms in total. The summed E-state index contributed by atoms with van der Waals surface area (Å²) in [6.07, 6.45) is 0. The van der Waals surface area contributed by atoms with Gasteiger partial charge in [0.25, 0.3) is 0 Å². The van der Waals surface area contributed by atoms with E-state index in [0.717, 1.165) is 16.7 Å². The summed E-state index contributed by atoms with van der Waals surface area (Å²) in [7, 11) is 1.79. The molecule has 0 bridgehead atoms. The van der Waals surface area contributed by atoms with Gasteiger partial charge in [-0.15, -0.1) is 0 Å². The number of hydrogen-bond donors (Lipinski definition) is 1. The van der Waals surface area contributed by atoms with E-state index in [9.17, 15) is 4.79 Å². The first-order valence-electron chi connectivity index (χ1n) is 4.82.